The summed E-state index contributed by atoms with van der Waals surface area (Å²) in [5.74, 6) is 0.338. The lowest BCUT2D eigenvalue weighted by Crippen LogP contribution is -2.39. The van der Waals surface area contributed by atoms with Crippen LogP contribution in [0.25, 0.3) is 10.2 Å². The van der Waals surface area contributed by atoms with Crippen LogP contribution in [0.5, 0.6) is 0 Å². The van der Waals surface area contributed by atoms with Gasteiger partial charge >= 0.3 is 13.1 Å². The fraction of sp³-hybridized carbons (Fsp3) is 0.562. The highest BCUT2D eigenvalue weighted by Crippen LogP contribution is 2.35. The van der Waals surface area contributed by atoms with Gasteiger partial charge in [-0.05, 0) is 58.1 Å². The fourth-order valence-corrected chi connectivity index (χ4v) is 4.02. The molecule has 0 bridgehead atoms. The van der Waals surface area contributed by atoms with E-state index in [1.165, 1.54) is 11.3 Å². The number of fused-ring (bicyclic) bond motifs is 1. The lowest BCUT2D eigenvalue weighted by Gasteiger charge is -2.19. The number of nitrogens with zero attached hydrogens (tertiary/aromatic N) is 2. The highest BCUT2D eigenvalue weighted by Gasteiger charge is 2.21. The quantitative estimate of drug-likeness (QED) is 0.525. The van der Waals surface area contributed by atoms with Gasteiger partial charge in [-0.1, -0.05) is 6.92 Å². The first kappa shape index (κ1) is 20.9. The molecule has 7 nitrogen and oxygen atoms in total. The number of carbonyl (C=O) groups is 1. The van der Waals surface area contributed by atoms with E-state index in [0.29, 0.717) is 17.8 Å². The molecule has 2 rings (SSSR count). The normalized spacial score (nSPS) is 12.9. The molecule has 0 saturated heterocycles. The van der Waals surface area contributed by atoms with Gasteiger partial charge in [0.05, 0.1) is 10.2 Å². The second-order valence-corrected chi connectivity index (χ2v) is 8.69. The summed E-state index contributed by atoms with van der Waals surface area (Å²) in [4.78, 5) is 21.7. The van der Waals surface area contributed by atoms with E-state index >= 15 is 0 Å². The van der Waals surface area contributed by atoms with Gasteiger partial charge in [0.1, 0.15) is 5.60 Å². The molecule has 2 aromatic rings. The van der Waals surface area contributed by atoms with E-state index in [-0.39, 0.29) is 11.3 Å². The smallest absolute Gasteiger partial charge is 0.413 e. The van der Waals surface area contributed by atoms with Crippen molar-refractivity contribution in [1.82, 2.24) is 15.2 Å². The van der Waals surface area contributed by atoms with E-state index in [4.69, 9.17) is 16.3 Å². The predicted molar refractivity (Wildman–Crippen MR) is 107 cm³/mol. The number of aryl methyl sites for hydroxylation is 1. The van der Waals surface area contributed by atoms with Crippen LogP contribution < -0.4 is 10.5 Å². The topological polar surface area (TPSA) is 96.4 Å². The monoisotopic (exact) mass is 398 g/mol. The second-order valence-electron chi connectivity index (χ2n) is 7.24. The van der Waals surface area contributed by atoms with Crippen molar-refractivity contribution in [1.29, 1.82) is 0 Å². The van der Waals surface area contributed by atoms with Gasteiger partial charge in [0.15, 0.2) is 5.82 Å². The van der Waals surface area contributed by atoms with Crippen LogP contribution in [-0.4, -0.2) is 39.8 Å². The minimum atomic E-state index is -0.612. The van der Waals surface area contributed by atoms with Crippen LogP contribution in [0.15, 0.2) is 0 Å². The van der Waals surface area contributed by atoms with Gasteiger partial charge < -0.3 is 15.0 Å². The zero-order chi connectivity index (χ0) is 19.6. The number of carbonyl (C=O) groups excluding carboxylic acids is 1. The van der Waals surface area contributed by atoms with Gasteiger partial charge in [-0.3, -0.25) is 5.32 Å². The van der Waals surface area contributed by atoms with Crippen molar-refractivity contribution in [3.05, 3.63) is 15.7 Å². The molecular formula is C16H24BClN4O3S. The number of hydrogen-bond acceptors (Lipinski definition) is 7. The van der Waals surface area contributed by atoms with Crippen molar-refractivity contribution >= 4 is 52.1 Å². The molecule has 3 N–H and O–H groups in total. The van der Waals surface area contributed by atoms with Gasteiger partial charge in [0.25, 0.3) is 0 Å². The Labute approximate surface area is 162 Å². The first-order valence-corrected chi connectivity index (χ1v) is 9.55. The average molecular weight is 399 g/mol. The van der Waals surface area contributed by atoms with E-state index in [0.717, 1.165) is 15.1 Å². The van der Waals surface area contributed by atoms with E-state index in [1.54, 1.807) is 27.6 Å². The van der Waals surface area contributed by atoms with E-state index in [9.17, 15) is 9.82 Å². The number of thiophene rings is 1. The molecule has 0 fully saturated rings. The van der Waals surface area contributed by atoms with Crippen molar-refractivity contribution < 1.29 is 14.6 Å². The predicted octanol–water partition coefficient (Wildman–Crippen LogP) is 3.63. The molecule has 2 heterocycles. The number of nitrogens with one attached hydrogen (secondary N) is 2. The Bertz CT molecular complexity index is 807. The number of anilines is 1. The highest BCUT2D eigenvalue weighted by atomic mass is 35.5. The van der Waals surface area contributed by atoms with Crippen molar-refractivity contribution in [3.63, 3.8) is 0 Å². The summed E-state index contributed by atoms with van der Waals surface area (Å²) >= 11 is 7.54. The third kappa shape index (κ3) is 5.54. The first-order chi connectivity index (χ1) is 12.0. The summed E-state index contributed by atoms with van der Waals surface area (Å²) < 4.78 is 6.04. The molecule has 0 aliphatic heterocycles. The molecule has 0 aromatic carbocycles. The maximum Gasteiger partial charge on any atom is 0.413 e. The molecule has 0 aliphatic rings. The van der Waals surface area contributed by atoms with Crippen LogP contribution in [0.1, 0.15) is 38.1 Å². The number of amides is 1. The molecule has 1 amide bonds. The lowest BCUT2D eigenvalue weighted by atomic mass is 9.87. The van der Waals surface area contributed by atoms with Crippen LogP contribution in [0.3, 0.4) is 0 Å². The van der Waals surface area contributed by atoms with Gasteiger partial charge in [-0.2, -0.15) is 4.98 Å². The maximum atomic E-state index is 12.1. The van der Waals surface area contributed by atoms with Gasteiger partial charge in [-0.25, -0.2) is 9.78 Å². The summed E-state index contributed by atoms with van der Waals surface area (Å²) in [6.45, 7) is 11.0. The Kier molecular flexibility index (Phi) is 6.49. The molecule has 0 spiro atoms. The minimum Gasteiger partial charge on any atom is -0.444 e. The van der Waals surface area contributed by atoms with Crippen LogP contribution in [-0.2, 0) is 11.2 Å². The SMILES string of the molecule is CB(O)N[C@H](C)Cc1sc2c(NC(=O)OC(C)(C)C)nc(Cl)nc2c1C. The Morgan fingerprint density at radius 2 is 2.08 bits per heavy atom. The van der Waals surface area contributed by atoms with E-state index < -0.39 is 18.7 Å². The fourth-order valence-electron chi connectivity index (χ4n) is 2.53. The maximum absolute atomic E-state index is 12.1. The summed E-state index contributed by atoms with van der Waals surface area (Å²) in [6.07, 6.45) is 0.117. The van der Waals surface area contributed by atoms with Crippen LogP contribution in [0, 0.1) is 6.92 Å². The lowest BCUT2D eigenvalue weighted by molar-refractivity contribution is 0.0635. The Balaban J connectivity index is 2.34. The molecule has 0 saturated carbocycles. The second kappa shape index (κ2) is 8.08. The molecule has 142 valence electrons. The zero-order valence-corrected chi connectivity index (χ0v) is 17.4. The van der Waals surface area contributed by atoms with E-state index in [1.807, 2.05) is 13.8 Å². The first-order valence-electron chi connectivity index (χ1n) is 8.36. The Hall–Kier alpha value is -1.42. The summed E-state index contributed by atoms with van der Waals surface area (Å²) in [6, 6.07) is 0.0764. The third-order valence-electron chi connectivity index (χ3n) is 3.47. The Morgan fingerprint density at radius 1 is 1.42 bits per heavy atom. The van der Waals surface area contributed by atoms with Gasteiger partial charge in [0.2, 0.25) is 5.28 Å². The van der Waals surface area contributed by atoms with Crippen molar-refractivity contribution in [2.24, 2.45) is 0 Å². The van der Waals surface area contributed by atoms with Gasteiger partial charge in [-0.15, -0.1) is 11.3 Å². The molecule has 0 unspecified atom stereocenters. The molecule has 0 radical (unpaired) electrons. The number of aromatic nitrogens is 2. The summed E-state index contributed by atoms with van der Waals surface area (Å²) in [5.41, 5.74) is 1.08. The molecule has 10 heteroatoms. The molecule has 0 aliphatic carbocycles. The van der Waals surface area contributed by atoms with Crippen LogP contribution in [0.4, 0.5) is 10.6 Å². The standard InChI is InChI=1S/C16H24BClN4O3S/c1-8(22-17(6)24)7-10-9(2)11-12(26-10)13(20-14(18)19-11)21-15(23)25-16(3,4)5/h8,22,24H,7H2,1-6H3,(H,19,20,21,23)/t8-/m1/s1. The third-order valence-corrected chi connectivity index (χ3v) is 4.95. The largest absolute Gasteiger partial charge is 0.444 e. The number of ether oxygens (including phenoxy) is 1. The van der Waals surface area contributed by atoms with Crippen molar-refractivity contribution in [3.8, 4) is 0 Å². The number of rotatable bonds is 5. The van der Waals surface area contributed by atoms with Crippen molar-refractivity contribution in [2.75, 3.05) is 5.32 Å². The summed E-state index contributed by atoms with van der Waals surface area (Å²) in [7, 11) is -0.585. The molecule has 1 atom stereocenters. The zero-order valence-electron chi connectivity index (χ0n) is 15.8. The number of halogens is 1. The molecule has 2 aromatic heterocycles. The summed E-state index contributed by atoms with van der Waals surface area (Å²) in [5, 5.41) is 15.3. The van der Waals surface area contributed by atoms with Crippen molar-refractivity contribution in [2.45, 2.75) is 59.5 Å². The average Bonchev–Trinajstić information content (AvgIpc) is 2.73. The van der Waals surface area contributed by atoms with Crippen LogP contribution in [0.2, 0.25) is 12.1 Å². The highest BCUT2D eigenvalue weighted by molar-refractivity contribution is 7.19. The molecule has 26 heavy (non-hydrogen) atoms. The number of hydrogen-bond donors (Lipinski definition) is 3. The van der Waals surface area contributed by atoms with E-state index in [2.05, 4.69) is 20.5 Å². The van der Waals surface area contributed by atoms with Crippen LogP contribution >= 0.6 is 22.9 Å². The molecular weight excluding hydrogens is 375 g/mol. The minimum absolute atomic E-state index is 0.0613. The van der Waals surface area contributed by atoms with Gasteiger partial charge in [0, 0.05) is 10.9 Å². The Morgan fingerprint density at radius 3 is 2.65 bits per heavy atom.